The van der Waals surface area contributed by atoms with E-state index in [1.165, 1.54) is 0 Å². The molecule has 0 bridgehead atoms. The van der Waals surface area contributed by atoms with Crippen LogP contribution < -0.4 is 4.74 Å². The number of hydrogen-bond acceptors (Lipinski definition) is 5. The Hall–Kier alpha value is -2.40. The molecule has 0 fully saturated rings. The minimum absolute atomic E-state index is 0.370. The van der Waals surface area contributed by atoms with Gasteiger partial charge in [-0.15, -0.1) is 0 Å². The monoisotopic (exact) mass is 315 g/mol. The number of pyridine rings is 1. The van der Waals surface area contributed by atoms with Crippen LogP contribution in [0, 0.1) is 6.92 Å². The number of hydrogen-bond donors (Lipinski definition) is 0. The van der Waals surface area contributed by atoms with Crippen LogP contribution in [0.5, 0.6) is 5.75 Å². The standard InChI is InChI=1S/C16H14ClN3O2/c1-10-9-12(6-7-13(10)17)21-11(2)16-19-15(20-22-16)14-5-3-4-8-18-14/h3-9,11H,1-2H3. The van der Waals surface area contributed by atoms with Crippen LogP contribution in [0.2, 0.25) is 5.02 Å². The fourth-order valence-corrected chi connectivity index (χ4v) is 2.06. The van der Waals surface area contributed by atoms with Crippen molar-refractivity contribution < 1.29 is 9.26 Å². The van der Waals surface area contributed by atoms with E-state index in [1.807, 2.05) is 44.2 Å². The van der Waals surface area contributed by atoms with Crippen LogP contribution in [0.15, 0.2) is 47.1 Å². The quantitative estimate of drug-likeness (QED) is 0.721. The van der Waals surface area contributed by atoms with Crippen LogP contribution in [-0.2, 0) is 0 Å². The fraction of sp³-hybridized carbons (Fsp3) is 0.188. The zero-order valence-electron chi connectivity index (χ0n) is 12.2. The zero-order valence-corrected chi connectivity index (χ0v) is 12.9. The third kappa shape index (κ3) is 3.09. The Labute approximate surface area is 132 Å². The lowest BCUT2D eigenvalue weighted by Crippen LogP contribution is -2.03. The summed E-state index contributed by atoms with van der Waals surface area (Å²) in [5, 5.41) is 4.63. The molecule has 3 rings (SSSR count). The average Bonchev–Trinajstić information content (AvgIpc) is 3.02. The molecule has 0 aliphatic heterocycles. The van der Waals surface area contributed by atoms with E-state index in [4.69, 9.17) is 20.9 Å². The molecule has 1 aromatic carbocycles. The Morgan fingerprint density at radius 1 is 1.23 bits per heavy atom. The first-order chi connectivity index (χ1) is 10.6. The van der Waals surface area contributed by atoms with Gasteiger partial charge in [-0.2, -0.15) is 4.98 Å². The van der Waals surface area contributed by atoms with Crippen molar-refractivity contribution in [2.45, 2.75) is 20.0 Å². The van der Waals surface area contributed by atoms with Crippen molar-refractivity contribution in [1.82, 2.24) is 15.1 Å². The topological polar surface area (TPSA) is 61.0 Å². The van der Waals surface area contributed by atoms with Gasteiger partial charge >= 0.3 is 0 Å². The van der Waals surface area contributed by atoms with Gasteiger partial charge in [-0.25, -0.2) is 0 Å². The molecule has 0 aliphatic rings. The third-order valence-electron chi connectivity index (χ3n) is 3.13. The summed E-state index contributed by atoms with van der Waals surface area (Å²) >= 11 is 6.00. The summed E-state index contributed by atoms with van der Waals surface area (Å²) in [5.41, 5.74) is 1.61. The van der Waals surface area contributed by atoms with Crippen molar-refractivity contribution in [2.75, 3.05) is 0 Å². The predicted molar refractivity (Wildman–Crippen MR) is 82.8 cm³/mol. The number of benzene rings is 1. The summed E-state index contributed by atoms with van der Waals surface area (Å²) in [6, 6.07) is 11.0. The third-order valence-corrected chi connectivity index (χ3v) is 3.55. The van der Waals surface area contributed by atoms with Crippen LogP contribution in [0.1, 0.15) is 24.5 Å². The summed E-state index contributed by atoms with van der Waals surface area (Å²) < 4.78 is 11.1. The number of ether oxygens (including phenoxy) is 1. The summed E-state index contributed by atoms with van der Waals surface area (Å²) in [6.45, 7) is 3.77. The smallest absolute Gasteiger partial charge is 0.267 e. The maximum atomic E-state index is 6.00. The molecule has 0 radical (unpaired) electrons. The molecule has 0 aliphatic carbocycles. The Morgan fingerprint density at radius 2 is 2.09 bits per heavy atom. The summed E-state index contributed by atoms with van der Waals surface area (Å²) in [5.74, 6) is 1.54. The Bertz CT molecular complexity index is 774. The van der Waals surface area contributed by atoms with E-state index in [2.05, 4.69) is 15.1 Å². The van der Waals surface area contributed by atoms with Crippen molar-refractivity contribution in [3.8, 4) is 17.3 Å². The first kappa shape index (κ1) is 14.5. The van der Waals surface area contributed by atoms with Crippen LogP contribution in [0.25, 0.3) is 11.5 Å². The molecule has 2 heterocycles. The largest absolute Gasteiger partial charge is 0.481 e. The fourth-order valence-electron chi connectivity index (χ4n) is 1.94. The van der Waals surface area contributed by atoms with Gasteiger partial charge in [0.2, 0.25) is 5.82 Å². The molecule has 0 N–H and O–H groups in total. The van der Waals surface area contributed by atoms with Gasteiger partial charge in [0.15, 0.2) is 6.10 Å². The van der Waals surface area contributed by atoms with E-state index in [1.54, 1.807) is 12.3 Å². The Morgan fingerprint density at radius 3 is 2.82 bits per heavy atom. The van der Waals surface area contributed by atoms with E-state index >= 15 is 0 Å². The van der Waals surface area contributed by atoms with E-state index in [-0.39, 0.29) is 6.10 Å². The molecule has 1 atom stereocenters. The lowest BCUT2D eigenvalue weighted by atomic mass is 10.2. The molecule has 2 aromatic heterocycles. The summed E-state index contributed by atoms with van der Waals surface area (Å²) in [4.78, 5) is 8.51. The highest BCUT2D eigenvalue weighted by molar-refractivity contribution is 6.31. The van der Waals surface area contributed by atoms with E-state index in [0.29, 0.717) is 28.2 Å². The lowest BCUT2D eigenvalue weighted by molar-refractivity contribution is 0.175. The number of aromatic nitrogens is 3. The number of aryl methyl sites for hydroxylation is 1. The van der Waals surface area contributed by atoms with Gasteiger partial charge in [-0.05, 0) is 49.7 Å². The maximum Gasteiger partial charge on any atom is 0.267 e. The Balaban J connectivity index is 1.77. The summed E-state index contributed by atoms with van der Waals surface area (Å²) in [6.07, 6.45) is 1.31. The first-order valence-electron chi connectivity index (χ1n) is 6.81. The molecule has 6 heteroatoms. The lowest BCUT2D eigenvalue weighted by Gasteiger charge is -2.11. The molecular formula is C16H14ClN3O2. The molecule has 112 valence electrons. The van der Waals surface area contributed by atoms with Crippen molar-refractivity contribution in [3.05, 3.63) is 59.1 Å². The van der Waals surface area contributed by atoms with Gasteiger partial charge in [0, 0.05) is 11.2 Å². The zero-order chi connectivity index (χ0) is 15.5. The van der Waals surface area contributed by atoms with E-state index in [9.17, 15) is 0 Å². The normalized spacial score (nSPS) is 12.1. The van der Waals surface area contributed by atoms with Gasteiger partial charge in [0.25, 0.3) is 5.89 Å². The minimum Gasteiger partial charge on any atom is -0.481 e. The SMILES string of the molecule is Cc1cc(OC(C)c2nc(-c3ccccn3)no2)ccc1Cl. The van der Waals surface area contributed by atoms with Crippen molar-refractivity contribution >= 4 is 11.6 Å². The Kier molecular flexibility index (Phi) is 4.06. The molecule has 0 saturated carbocycles. The van der Waals surface area contributed by atoms with Crippen LogP contribution in [-0.4, -0.2) is 15.1 Å². The molecule has 0 amide bonds. The van der Waals surface area contributed by atoms with Gasteiger partial charge < -0.3 is 9.26 Å². The second kappa shape index (κ2) is 6.15. The molecule has 0 spiro atoms. The molecule has 22 heavy (non-hydrogen) atoms. The second-order valence-electron chi connectivity index (χ2n) is 4.84. The molecule has 0 saturated heterocycles. The van der Waals surface area contributed by atoms with Crippen molar-refractivity contribution in [2.24, 2.45) is 0 Å². The number of rotatable bonds is 4. The van der Waals surface area contributed by atoms with Crippen LogP contribution >= 0.6 is 11.6 Å². The first-order valence-corrected chi connectivity index (χ1v) is 7.19. The second-order valence-corrected chi connectivity index (χ2v) is 5.25. The summed E-state index contributed by atoms with van der Waals surface area (Å²) in [7, 11) is 0. The maximum absolute atomic E-state index is 6.00. The van der Waals surface area contributed by atoms with Crippen LogP contribution in [0.3, 0.4) is 0 Å². The number of halogens is 1. The van der Waals surface area contributed by atoms with Gasteiger partial charge in [-0.3, -0.25) is 4.98 Å². The highest BCUT2D eigenvalue weighted by Gasteiger charge is 2.17. The highest BCUT2D eigenvalue weighted by Crippen LogP contribution is 2.26. The molecular weight excluding hydrogens is 302 g/mol. The number of nitrogens with zero attached hydrogens (tertiary/aromatic N) is 3. The molecule has 1 unspecified atom stereocenters. The minimum atomic E-state index is -0.370. The van der Waals surface area contributed by atoms with Gasteiger partial charge in [0.05, 0.1) is 0 Å². The van der Waals surface area contributed by atoms with Crippen molar-refractivity contribution in [1.29, 1.82) is 0 Å². The van der Waals surface area contributed by atoms with E-state index < -0.39 is 0 Å². The molecule has 5 nitrogen and oxygen atoms in total. The average molecular weight is 316 g/mol. The van der Waals surface area contributed by atoms with Crippen LogP contribution in [0.4, 0.5) is 0 Å². The van der Waals surface area contributed by atoms with Gasteiger partial charge in [0.1, 0.15) is 11.4 Å². The van der Waals surface area contributed by atoms with Crippen molar-refractivity contribution in [3.63, 3.8) is 0 Å². The highest BCUT2D eigenvalue weighted by atomic mass is 35.5. The van der Waals surface area contributed by atoms with E-state index in [0.717, 1.165) is 5.56 Å². The van der Waals surface area contributed by atoms with Gasteiger partial charge in [-0.1, -0.05) is 22.8 Å². The predicted octanol–water partition coefficient (Wildman–Crippen LogP) is 4.23. The molecule has 3 aromatic rings.